The van der Waals surface area contributed by atoms with Crippen LogP contribution in [0.3, 0.4) is 0 Å². The molecular weight excluding hydrogens is 439 g/mol. The van der Waals surface area contributed by atoms with Crippen molar-refractivity contribution in [2.75, 3.05) is 6.54 Å². The van der Waals surface area contributed by atoms with Gasteiger partial charge in [-0.25, -0.2) is 23.1 Å². The molecule has 5 rings (SSSR count). The van der Waals surface area contributed by atoms with Gasteiger partial charge in [0, 0.05) is 25.1 Å². The summed E-state index contributed by atoms with van der Waals surface area (Å²) in [5.74, 6) is -1.24. The van der Waals surface area contributed by atoms with Gasteiger partial charge >= 0.3 is 0 Å². The van der Waals surface area contributed by atoms with E-state index in [4.69, 9.17) is 4.42 Å². The highest BCUT2D eigenvalue weighted by atomic mass is 19.3. The lowest BCUT2D eigenvalue weighted by Crippen LogP contribution is -2.42. The third-order valence-corrected chi connectivity index (χ3v) is 5.89. The Morgan fingerprint density at radius 3 is 2.85 bits per heavy atom. The van der Waals surface area contributed by atoms with Gasteiger partial charge < -0.3 is 19.4 Å². The van der Waals surface area contributed by atoms with Crippen molar-refractivity contribution in [2.24, 2.45) is 4.99 Å². The van der Waals surface area contributed by atoms with E-state index in [0.29, 0.717) is 12.1 Å². The fourth-order valence-corrected chi connectivity index (χ4v) is 4.20. The summed E-state index contributed by atoms with van der Waals surface area (Å²) >= 11 is 0. The lowest BCUT2D eigenvalue weighted by molar-refractivity contribution is -0.129. The molecule has 0 saturated carbocycles. The molecule has 4 heterocycles. The van der Waals surface area contributed by atoms with Crippen molar-refractivity contribution < 1.29 is 27.5 Å². The van der Waals surface area contributed by atoms with E-state index in [1.807, 2.05) is 0 Å². The topological polar surface area (TPSA) is 108 Å². The minimum absolute atomic E-state index is 0.00330. The number of imidazole rings is 1. The van der Waals surface area contributed by atoms with Crippen molar-refractivity contribution in [3.05, 3.63) is 58.9 Å². The summed E-state index contributed by atoms with van der Waals surface area (Å²) in [5, 5.41) is 10.3. The number of nitrogens with one attached hydrogen (secondary N) is 1. The molecule has 2 aromatic heterocycles. The number of H-pyrrole nitrogens is 1. The number of hydrogen-bond acceptors (Lipinski definition) is 6. The number of halogens is 3. The number of amides is 1. The summed E-state index contributed by atoms with van der Waals surface area (Å²) in [6, 6.07) is 3.32. The largest absolute Gasteiger partial charge is 0.438 e. The highest BCUT2D eigenvalue weighted by Crippen LogP contribution is 2.38. The molecule has 0 fully saturated rings. The van der Waals surface area contributed by atoms with Crippen LogP contribution in [-0.2, 0) is 11.2 Å². The maximum atomic E-state index is 14.2. The Morgan fingerprint density at radius 2 is 2.15 bits per heavy atom. The van der Waals surface area contributed by atoms with Gasteiger partial charge in [0.15, 0.2) is 17.4 Å². The van der Waals surface area contributed by atoms with Gasteiger partial charge in [-0.15, -0.1) is 0 Å². The molecule has 0 unspecified atom stereocenters. The summed E-state index contributed by atoms with van der Waals surface area (Å²) in [7, 11) is 0. The smallest absolute Gasteiger partial charge is 0.280 e. The third kappa shape index (κ3) is 3.52. The number of fused-ring (bicyclic) bond motifs is 2. The molecular formula is C22H20F3N5O3. The number of alkyl halides is 2. The number of aromatic nitrogens is 3. The Kier molecular flexibility index (Phi) is 4.89. The zero-order valence-corrected chi connectivity index (χ0v) is 17.8. The number of rotatable bonds is 4. The molecule has 1 atom stereocenters. The van der Waals surface area contributed by atoms with E-state index < -0.39 is 35.5 Å². The van der Waals surface area contributed by atoms with Gasteiger partial charge in [0.1, 0.15) is 11.2 Å². The van der Waals surface area contributed by atoms with Crippen LogP contribution in [0.5, 0.6) is 0 Å². The standard InChI is InChI=1S/C22H20F3N5O3/c1-22(2,32)14-8-10(15(28-14)19(24)25)21(31)30-7-6-12-17(27-9-26-12)18(30)20-29-16-11(23)4-3-5-13(16)33-20/h3-5,9,18-19,32H,6-8H2,1-2H3,(H,26,27)/t18-/m0/s1. The van der Waals surface area contributed by atoms with Crippen LogP contribution in [0.1, 0.15) is 43.6 Å². The number of nitrogens with zero attached hydrogens (tertiary/aromatic N) is 4. The first-order chi connectivity index (χ1) is 15.6. The second-order valence-corrected chi connectivity index (χ2v) is 8.51. The van der Waals surface area contributed by atoms with Crippen LogP contribution in [0.15, 0.2) is 45.2 Å². The van der Waals surface area contributed by atoms with E-state index in [0.717, 1.165) is 5.69 Å². The Balaban J connectivity index is 1.58. The SMILES string of the molecule is CC(C)(O)C1=NC(C(F)F)=C(C(=O)N2CCc3[nH]cnc3[C@H]2c2nc3c(F)cccc3o2)C1. The Bertz CT molecular complexity index is 1320. The van der Waals surface area contributed by atoms with Crippen LogP contribution in [0.2, 0.25) is 0 Å². The molecule has 2 N–H and O–H groups in total. The molecule has 0 saturated heterocycles. The highest BCUT2D eigenvalue weighted by Gasteiger charge is 2.42. The fraction of sp³-hybridized carbons (Fsp3) is 0.364. The Morgan fingerprint density at radius 1 is 1.36 bits per heavy atom. The zero-order chi connectivity index (χ0) is 23.5. The molecule has 0 radical (unpaired) electrons. The number of oxazole rings is 1. The lowest BCUT2D eigenvalue weighted by atomic mass is 9.95. The van der Waals surface area contributed by atoms with Crippen molar-refractivity contribution in [3.8, 4) is 0 Å². The van der Waals surface area contributed by atoms with E-state index in [9.17, 15) is 23.1 Å². The number of aliphatic hydroxyl groups is 1. The van der Waals surface area contributed by atoms with E-state index in [2.05, 4.69) is 19.9 Å². The highest BCUT2D eigenvalue weighted by molar-refractivity contribution is 6.07. The molecule has 33 heavy (non-hydrogen) atoms. The number of aromatic amines is 1. The number of allylic oxidation sites excluding steroid dienone is 1. The van der Waals surface area contributed by atoms with Crippen LogP contribution < -0.4 is 0 Å². The second-order valence-electron chi connectivity index (χ2n) is 8.51. The van der Waals surface area contributed by atoms with E-state index in [-0.39, 0.29) is 41.2 Å². The van der Waals surface area contributed by atoms with Gasteiger partial charge in [0.2, 0.25) is 5.89 Å². The average Bonchev–Trinajstić information content (AvgIpc) is 3.49. The van der Waals surface area contributed by atoms with Crippen LogP contribution in [0.4, 0.5) is 13.2 Å². The summed E-state index contributed by atoms with van der Waals surface area (Å²) in [4.78, 5) is 30.4. The van der Waals surface area contributed by atoms with Crippen LogP contribution in [0.25, 0.3) is 11.1 Å². The number of aliphatic imine (C=N–C) groups is 1. The fourth-order valence-electron chi connectivity index (χ4n) is 4.20. The first-order valence-corrected chi connectivity index (χ1v) is 10.3. The molecule has 2 aliphatic rings. The van der Waals surface area contributed by atoms with Crippen molar-refractivity contribution in [3.63, 3.8) is 0 Å². The molecule has 2 aliphatic heterocycles. The predicted molar refractivity (Wildman–Crippen MR) is 111 cm³/mol. The molecule has 8 nitrogen and oxygen atoms in total. The molecule has 0 aliphatic carbocycles. The monoisotopic (exact) mass is 459 g/mol. The average molecular weight is 459 g/mol. The molecule has 11 heteroatoms. The van der Waals surface area contributed by atoms with Crippen molar-refractivity contribution in [1.29, 1.82) is 0 Å². The number of carbonyl (C=O) groups excluding carboxylic acids is 1. The van der Waals surface area contributed by atoms with Gasteiger partial charge in [0.05, 0.1) is 28.9 Å². The second kappa shape index (κ2) is 7.55. The molecule has 1 aromatic carbocycles. The third-order valence-electron chi connectivity index (χ3n) is 5.89. The molecule has 1 amide bonds. The Hall–Kier alpha value is -3.47. The molecule has 0 bridgehead atoms. The van der Waals surface area contributed by atoms with Crippen LogP contribution >= 0.6 is 0 Å². The summed E-state index contributed by atoms with van der Waals surface area (Å²) in [5.41, 5.74) is -0.849. The van der Waals surface area contributed by atoms with E-state index in [1.165, 1.54) is 37.2 Å². The van der Waals surface area contributed by atoms with Gasteiger partial charge in [-0.05, 0) is 26.0 Å². The van der Waals surface area contributed by atoms with E-state index in [1.54, 1.807) is 6.07 Å². The number of para-hydroxylation sites is 1. The van der Waals surface area contributed by atoms with Crippen LogP contribution in [-0.4, -0.2) is 55.1 Å². The quantitative estimate of drug-likeness (QED) is 0.623. The normalized spacial score (nSPS) is 18.9. The molecule has 3 aromatic rings. The zero-order valence-electron chi connectivity index (χ0n) is 17.8. The van der Waals surface area contributed by atoms with Gasteiger partial charge in [-0.3, -0.25) is 9.79 Å². The summed E-state index contributed by atoms with van der Waals surface area (Å²) in [6.07, 6.45) is -1.33. The van der Waals surface area contributed by atoms with Crippen LogP contribution in [0, 0.1) is 5.82 Å². The van der Waals surface area contributed by atoms with Gasteiger partial charge in [-0.1, -0.05) is 6.07 Å². The first kappa shape index (κ1) is 21.4. The minimum atomic E-state index is -2.99. The maximum absolute atomic E-state index is 14.2. The van der Waals surface area contributed by atoms with Gasteiger partial charge in [0.25, 0.3) is 12.3 Å². The Labute approximate surface area is 185 Å². The van der Waals surface area contributed by atoms with Crippen molar-refractivity contribution in [2.45, 2.75) is 44.8 Å². The molecule has 172 valence electrons. The molecule has 0 spiro atoms. The van der Waals surface area contributed by atoms with E-state index >= 15 is 0 Å². The number of carbonyl (C=O) groups is 1. The summed E-state index contributed by atoms with van der Waals surface area (Å²) in [6.45, 7) is 3.02. The first-order valence-electron chi connectivity index (χ1n) is 10.3. The number of benzene rings is 1. The lowest BCUT2D eigenvalue weighted by Gasteiger charge is -2.33. The predicted octanol–water partition coefficient (Wildman–Crippen LogP) is 3.30. The number of hydrogen-bond donors (Lipinski definition) is 2. The summed E-state index contributed by atoms with van der Waals surface area (Å²) < 4.78 is 47.6. The maximum Gasteiger partial charge on any atom is 0.280 e. The van der Waals surface area contributed by atoms with Crippen molar-refractivity contribution >= 4 is 22.7 Å². The minimum Gasteiger partial charge on any atom is -0.438 e. The van der Waals surface area contributed by atoms with Gasteiger partial charge in [-0.2, -0.15) is 0 Å². The van der Waals surface area contributed by atoms with Crippen molar-refractivity contribution in [1.82, 2.24) is 19.9 Å².